The van der Waals surface area contributed by atoms with Crippen LogP contribution in [0.5, 0.6) is 5.75 Å². The van der Waals surface area contributed by atoms with Gasteiger partial charge in [0, 0.05) is 6.54 Å². The lowest BCUT2D eigenvalue weighted by molar-refractivity contribution is -0.144. The SMILES string of the molecule is Cc1ccc(O)c(N2CCC(C(=O)O)C2=O)c1. The molecule has 1 heterocycles. The van der Waals surface area contributed by atoms with Crippen molar-refractivity contribution in [2.45, 2.75) is 13.3 Å². The Morgan fingerprint density at radius 2 is 2.18 bits per heavy atom. The van der Waals surface area contributed by atoms with Gasteiger partial charge in [-0.05, 0) is 31.0 Å². The summed E-state index contributed by atoms with van der Waals surface area (Å²) in [7, 11) is 0. The van der Waals surface area contributed by atoms with Crippen molar-refractivity contribution in [1.29, 1.82) is 0 Å². The number of anilines is 1. The van der Waals surface area contributed by atoms with Crippen molar-refractivity contribution in [3.63, 3.8) is 0 Å². The van der Waals surface area contributed by atoms with Gasteiger partial charge in [-0.3, -0.25) is 9.59 Å². The second-order valence-electron chi connectivity index (χ2n) is 4.16. The van der Waals surface area contributed by atoms with E-state index in [1.807, 2.05) is 6.92 Å². The Labute approximate surface area is 98.3 Å². The maximum absolute atomic E-state index is 11.8. The summed E-state index contributed by atoms with van der Waals surface area (Å²) >= 11 is 0. The van der Waals surface area contributed by atoms with E-state index < -0.39 is 17.8 Å². The van der Waals surface area contributed by atoms with E-state index >= 15 is 0 Å². The third kappa shape index (κ3) is 1.95. The van der Waals surface area contributed by atoms with Gasteiger partial charge in [0.05, 0.1) is 5.69 Å². The minimum absolute atomic E-state index is 0.00464. The smallest absolute Gasteiger partial charge is 0.316 e. The molecule has 0 bridgehead atoms. The fraction of sp³-hybridized carbons (Fsp3) is 0.333. The second-order valence-corrected chi connectivity index (χ2v) is 4.16. The number of phenols is 1. The molecule has 0 saturated carbocycles. The Bertz CT molecular complexity index is 483. The number of carboxylic acids is 1. The number of benzene rings is 1. The largest absolute Gasteiger partial charge is 0.506 e. The van der Waals surface area contributed by atoms with E-state index in [1.54, 1.807) is 12.1 Å². The Morgan fingerprint density at radius 1 is 1.47 bits per heavy atom. The molecular formula is C12H13NO4. The van der Waals surface area contributed by atoms with Crippen LogP contribution in [-0.2, 0) is 9.59 Å². The fourth-order valence-corrected chi connectivity index (χ4v) is 2.00. The third-order valence-electron chi connectivity index (χ3n) is 2.93. The Kier molecular flexibility index (Phi) is 2.75. The van der Waals surface area contributed by atoms with Crippen molar-refractivity contribution in [1.82, 2.24) is 0 Å². The lowest BCUT2D eigenvalue weighted by Gasteiger charge is -2.18. The molecule has 1 aliphatic rings. The van der Waals surface area contributed by atoms with Gasteiger partial charge in [0.25, 0.3) is 0 Å². The van der Waals surface area contributed by atoms with Crippen LogP contribution < -0.4 is 4.90 Å². The van der Waals surface area contributed by atoms with Gasteiger partial charge in [-0.1, -0.05) is 6.07 Å². The normalized spacial score (nSPS) is 19.7. The van der Waals surface area contributed by atoms with Crippen LogP contribution in [0.4, 0.5) is 5.69 Å². The molecule has 0 radical (unpaired) electrons. The number of carbonyl (C=O) groups is 2. The molecule has 1 aromatic rings. The average Bonchev–Trinajstić information content (AvgIpc) is 2.64. The van der Waals surface area contributed by atoms with Gasteiger partial charge >= 0.3 is 5.97 Å². The van der Waals surface area contributed by atoms with Crippen molar-refractivity contribution < 1.29 is 19.8 Å². The van der Waals surface area contributed by atoms with E-state index in [4.69, 9.17) is 5.11 Å². The molecule has 1 atom stereocenters. The highest BCUT2D eigenvalue weighted by Gasteiger charge is 2.38. The van der Waals surface area contributed by atoms with E-state index in [-0.39, 0.29) is 12.2 Å². The van der Waals surface area contributed by atoms with Gasteiger partial charge in [-0.25, -0.2) is 0 Å². The number of nitrogens with zero attached hydrogens (tertiary/aromatic N) is 1. The van der Waals surface area contributed by atoms with Crippen molar-refractivity contribution in [3.8, 4) is 5.75 Å². The second kappa shape index (κ2) is 4.08. The molecule has 1 saturated heterocycles. The predicted octanol–water partition coefficient (Wildman–Crippen LogP) is 1.14. The number of carbonyl (C=O) groups excluding carboxylic acids is 1. The monoisotopic (exact) mass is 235 g/mol. The summed E-state index contributed by atoms with van der Waals surface area (Å²) < 4.78 is 0. The number of amides is 1. The van der Waals surface area contributed by atoms with Crippen LogP contribution >= 0.6 is 0 Å². The fourth-order valence-electron chi connectivity index (χ4n) is 2.00. The number of phenolic OH excluding ortho intramolecular Hbond substituents is 1. The van der Waals surface area contributed by atoms with E-state index in [9.17, 15) is 14.7 Å². The van der Waals surface area contributed by atoms with Crippen LogP contribution in [0.2, 0.25) is 0 Å². The average molecular weight is 235 g/mol. The van der Waals surface area contributed by atoms with Crippen LogP contribution in [-0.4, -0.2) is 28.6 Å². The zero-order valence-electron chi connectivity index (χ0n) is 9.38. The topological polar surface area (TPSA) is 77.8 Å². The first kappa shape index (κ1) is 11.4. The molecule has 5 heteroatoms. The predicted molar refractivity (Wildman–Crippen MR) is 60.9 cm³/mol. The van der Waals surface area contributed by atoms with E-state index in [0.717, 1.165) is 5.56 Å². The molecular weight excluding hydrogens is 222 g/mol. The molecule has 1 fully saturated rings. The standard InChI is InChI=1S/C12H13NO4/c1-7-2-3-10(14)9(6-7)13-5-4-8(11(13)15)12(16)17/h2-3,6,8,14H,4-5H2,1H3,(H,16,17). The maximum Gasteiger partial charge on any atom is 0.316 e. The summed E-state index contributed by atoms with van der Waals surface area (Å²) in [5.74, 6) is -2.56. The summed E-state index contributed by atoms with van der Waals surface area (Å²) in [6.45, 7) is 2.17. The molecule has 0 aromatic heterocycles. The van der Waals surface area contributed by atoms with Crippen LogP contribution in [0.1, 0.15) is 12.0 Å². The van der Waals surface area contributed by atoms with Gasteiger partial charge in [-0.15, -0.1) is 0 Å². The first-order valence-corrected chi connectivity index (χ1v) is 5.34. The number of hydrogen-bond donors (Lipinski definition) is 2. The number of aliphatic carboxylic acids is 1. The van der Waals surface area contributed by atoms with Gasteiger partial charge < -0.3 is 15.1 Å². The van der Waals surface area contributed by atoms with Gasteiger partial charge in [-0.2, -0.15) is 0 Å². The zero-order valence-corrected chi connectivity index (χ0v) is 9.38. The number of aromatic hydroxyl groups is 1. The van der Waals surface area contributed by atoms with Crippen molar-refractivity contribution in [2.24, 2.45) is 5.92 Å². The minimum Gasteiger partial charge on any atom is -0.506 e. The highest BCUT2D eigenvalue weighted by Crippen LogP contribution is 2.33. The van der Waals surface area contributed by atoms with Crippen LogP contribution in [0.15, 0.2) is 18.2 Å². The van der Waals surface area contributed by atoms with Crippen LogP contribution in [0.3, 0.4) is 0 Å². The number of hydrogen-bond acceptors (Lipinski definition) is 3. The molecule has 2 rings (SSSR count). The number of rotatable bonds is 2. The summed E-state index contributed by atoms with van der Waals surface area (Å²) in [6.07, 6.45) is 0.279. The van der Waals surface area contributed by atoms with Crippen molar-refractivity contribution in [2.75, 3.05) is 11.4 Å². The lowest BCUT2D eigenvalue weighted by atomic mass is 10.1. The number of aryl methyl sites for hydroxylation is 1. The van der Waals surface area contributed by atoms with Crippen molar-refractivity contribution in [3.05, 3.63) is 23.8 Å². The molecule has 0 spiro atoms. The highest BCUT2D eigenvalue weighted by molar-refractivity contribution is 6.08. The molecule has 1 unspecified atom stereocenters. The van der Waals surface area contributed by atoms with Crippen molar-refractivity contribution >= 4 is 17.6 Å². The van der Waals surface area contributed by atoms with E-state index in [2.05, 4.69) is 0 Å². The lowest BCUT2D eigenvalue weighted by Crippen LogP contribution is -2.30. The number of carboxylic acid groups (broad SMARTS) is 1. The molecule has 5 nitrogen and oxygen atoms in total. The van der Waals surface area contributed by atoms with E-state index in [0.29, 0.717) is 12.2 Å². The Morgan fingerprint density at radius 3 is 2.76 bits per heavy atom. The molecule has 90 valence electrons. The molecule has 17 heavy (non-hydrogen) atoms. The summed E-state index contributed by atoms with van der Waals surface area (Å²) in [5.41, 5.74) is 1.29. The molecule has 1 aliphatic heterocycles. The molecule has 2 N–H and O–H groups in total. The quantitative estimate of drug-likeness (QED) is 0.753. The van der Waals surface area contributed by atoms with Gasteiger partial charge in [0.15, 0.2) is 0 Å². The van der Waals surface area contributed by atoms with Gasteiger partial charge in [0.2, 0.25) is 5.91 Å². The van der Waals surface area contributed by atoms with Gasteiger partial charge in [0.1, 0.15) is 11.7 Å². The summed E-state index contributed by atoms with van der Waals surface area (Å²) in [4.78, 5) is 24.0. The zero-order chi connectivity index (χ0) is 12.6. The highest BCUT2D eigenvalue weighted by atomic mass is 16.4. The van der Waals surface area contributed by atoms with Crippen LogP contribution in [0, 0.1) is 12.8 Å². The summed E-state index contributed by atoms with van der Waals surface area (Å²) in [5, 5.41) is 18.6. The van der Waals surface area contributed by atoms with Crippen LogP contribution in [0.25, 0.3) is 0 Å². The molecule has 0 aliphatic carbocycles. The maximum atomic E-state index is 11.8. The first-order chi connectivity index (χ1) is 8.00. The Hall–Kier alpha value is -2.04. The molecule has 1 amide bonds. The molecule has 1 aromatic carbocycles. The minimum atomic E-state index is -1.11. The Balaban J connectivity index is 2.33. The third-order valence-corrected chi connectivity index (χ3v) is 2.93. The first-order valence-electron chi connectivity index (χ1n) is 5.34. The summed E-state index contributed by atoms with van der Waals surface area (Å²) in [6, 6.07) is 4.91. The van der Waals surface area contributed by atoms with E-state index in [1.165, 1.54) is 11.0 Å².